The van der Waals surface area contributed by atoms with Gasteiger partial charge in [0.05, 0.1) is 30.5 Å². The Morgan fingerprint density at radius 3 is 0.926 bits per heavy atom. The van der Waals surface area contributed by atoms with Gasteiger partial charge in [0.1, 0.15) is 0 Å². The Morgan fingerprint density at radius 2 is 0.556 bits per heavy atom. The third-order valence-corrected chi connectivity index (χ3v) is 24.5. The van der Waals surface area contributed by atoms with Crippen molar-refractivity contribution < 1.29 is 22.6 Å². The summed E-state index contributed by atoms with van der Waals surface area (Å²) in [4.78, 5) is 0. The largest absolute Gasteiger partial charge is 0.348 e. The molecule has 0 bridgehead atoms. The molecule has 3 unspecified atom stereocenters. The molecule has 3 atom stereocenters. The Labute approximate surface area is 334 Å². The number of halogens is 1. The van der Waals surface area contributed by atoms with Gasteiger partial charge in [-0.15, -0.1) is 4.52 Å². The first kappa shape index (κ1) is 41.5. The zero-order valence-corrected chi connectivity index (χ0v) is 37.1. The van der Waals surface area contributed by atoms with Crippen LogP contribution in [0.5, 0.6) is 0 Å². The molecule has 0 saturated heterocycles. The van der Waals surface area contributed by atoms with Crippen LogP contribution >= 0.6 is 33.3 Å². The maximum atomic E-state index is 7.83. The van der Waals surface area contributed by atoms with Gasteiger partial charge in [-0.25, -0.2) is 0 Å². The van der Waals surface area contributed by atoms with Gasteiger partial charge in [0.2, 0.25) is 0 Å². The van der Waals surface area contributed by atoms with Crippen molar-refractivity contribution in [3.63, 3.8) is 0 Å². The van der Waals surface area contributed by atoms with Crippen LogP contribution in [-0.2, 0) is 22.6 Å². The van der Waals surface area contributed by atoms with E-state index in [9.17, 15) is 0 Å². The molecular formula is C42H75ClN3O5P3. The lowest BCUT2D eigenvalue weighted by Gasteiger charge is -2.41. The van der Waals surface area contributed by atoms with Crippen molar-refractivity contribution in [3.05, 3.63) is 0 Å². The fourth-order valence-corrected chi connectivity index (χ4v) is 23.2. The second-order valence-electron chi connectivity index (χ2n) is 18.9. The molecule has 54 heavy (non-hydrogen) atoms. The van der Waals surface area contributed by atoms with E-state index in [1.165, 1.54) is 135 Å². The van der Waals surface area contributed by atoms with Crippen LogP contribution in [0.4, 0.5) is 0 Å². The molecule has 0 aromatic heterocycles. The number of hydrogen-bond acceptors (Lipinski definition) is 8. The van der Waals surface area contributed by atoms with Crippen LogP contribution in [-0.4, -0.2) is 30.5 Å². The Balaban J connectivity index is 1.13. The van der Waals surface area contributed by atoms with E-state index in [-0.39, 0.29) is 30.5 Å². The third-order valence-electron chi connectivity index (χ3n) is 14.8. The van der Waals surface area contributed by atoms with Crippen molar-refractivity contribution >= 4 is 33.3 Å². The summed E-state index contributed by atoms with van der Waals surface area (Å²) in [5, 5.41) is 0. The van der Waals surface area contributed by atoms with Crippen molar-refractivity contribution in [2.45, 2.75) is 242 Å². The van der Waals surface area contributed by atoms with Gasteiger partial charge in [-0.3, -0.25) is 0 Å². The van der Waals surface area contributed by atoms with Crippen molar-refractivity contribution in [1.82, 2.24) is 0 Å². The number of nitrogens with zero attached hydrogens (tertiary/aromatic N) is 3. The first-order valence-electron chi connectivity index (χ1n) is 23.5. The number of hydrogen-bond donors (Lipinski definition) is 0. The van der Waals surface area contributed by atoms with Crippen molar-refractivity contribution in [2.75, 3.05) is 0 Å². The minimum Gasteiger partial charge on any atom is -0.312 e. The van der Waals surface area contributed by atoms with Crippen LogP contribution in [0.1, 0.15) is 212 Å². The van der Waals surface area contributed by atoms with Crippen LogP contribution in [0.3, 0.4) is 0 Å². The SMILES string of the molecule is ClP1(OC2CCCCC2)=NP(OC2CCCCC2)(OC2CCC(C3CCCCC3)CC2)=NP(OC2CCCCC2)(OC2CCC(C3CCCCC3)CC2)=N1. The van der Waals surface area contributed by atoms with Crippen LogP contribution in [0.2, 0.25) is 0 Å². The average molecular weight is 830 g/mol. The van der Waals surface area contributed by atoms with Crippen LogP contribution in [0.15, 0.2) is 13.5 Å². The average Bonchev–Trinajstić information content (AvgIpc) is 3.20. The first-order valence-corrected chi connectivity index (χ1v) is 29.1. The summed E-state index contributed by atoms with van der Waals surface area (Å²) in [6.07, 6.45) is 40.2. The summed E-state index contributed by atoms with van der Waals surface area (Å²) in [5.41, 5.74) is 0. The summed E-state index contributed by atoms with van der Waals surface area (Å²) in [6, 6.07) is 0. The van der Waals surface area contributed by atoms with E-state index in [1.807, 2.05) is 0 Å². The Kier molecular flexibility index (Phi) is 15.3. The second-order valence-corrected chi connectivity index (χ2v) is 26.3. The maximum Gasteiger partial charge on any atom is 0.348 e. The molecule has 7 aliphatic carbocycles. The summed E-state index contributed by atoms with van der Waals surface area (Å²) in [6.45, 7) is -3.29. The monoisotopic (exact) mass is 829 g/mol. The molecule has 0 aromatic rings. The molecule has 8 aliphatic rings. The summed E-state index contributed by atoms with van der Waals surface area (Å²) in [5.74, 6) is 3.41. The Hall–Kier alpha value is 0.780. The molecule has 0 amide bonds. The van der Waals surface area contributed by atoms with Crippen LogP contribution < -0.4 is 0 Å². The Bertz CT molecular complexity index is 1270. The van der Waals surface area contributed by atoms with E-state index >= 15 is 0 Å². The third kappa shape index (κ3) is 11.3. The van der Waals surface area contributed by atoms with Gasteiger partial charge in [0, 0.05) is 0 Å². The van der Waals surface area contributed by atoms with Gasteiger partial charge in [0.25, 0.3) is 0 Å². The van der Waals surface area contributed by atoms with Crippen molar-refractivity contribution in [2.24, 2.45) is 37.2 Å². The lowest BCUT2D eigenvalue weighted by Crippen LogP contribution is -2.28. The quantitative estimate of drug-likeness (QED) is 0.183. The van der Waals surface area contributed by atoms with Gasteiger partial charge >= 0.3 is 22.1 Å². The lowest BCUT2D eigenvalue weighted by atomic mass is 9.73. The highest BCUT2D eigenvalue weighted by Crippen LogP contribution is 2.83. The van der Waals surface area contributed by atoms with E-state index in [0.717, 1.165) is 101 Å². The molecule has 0 spiro atoms. The molecule has 1 heterocycles. The molecule has 8 rings (SSSR count). The normalized spacial score (nSPS) is 40.4. The predicted octanol–water partition coefficient (Wildman–Crippen LogP) is 16.4. The van der Waals surface area contributed by atoms with Gasteiger partial charge in [-0.1, -0.05) is 122 Å². The molecule has 7 saturated carbocycles. The second kappa shape index (κ2) is 19.9. The zero-order valence-electron chi connectivity index (χ0n) is 33.6. The van der Waals surface area contributed by atoms with Gasteiger partial charge < -0.3 is 22.6 Å². The highest BCUT2D eigenvalue weighted by Gasteiger charge is 2.47. The van der Waals surface area contributed by atoms with Gasteiger partial charge in [0.15, 0.2) is 0 Å². The molecule has 0 N–H and O–H groups in total. The maximum absolute atomic E-state index is 7.83. The van der Waals surface area contributed by atoms with Gasteiger partial charge in [-0.05, 0) is 125 Å². The zero-order chi connectivity index (χ0) is 36.7. The minimum absolute atomic E-state index is 0.0419. The van der Waals surface area contributed by atoms with Crippen molar-refractivity contribution in [3.8, 4) is 0 Å². The molecule has 12 heteroatoms. The molecule has 8 nitrogen and oxygen atoms in total. The summed E-state index contributed by atoms with van der Waals surface area (Å²) in [7, 11) is -6.62. The molecule has 0 aromatic carbocycles. The molecule has 1 aliphatic heterocycles. The van der Waals surface area contributed by atoms with E-state index < -0.39 is 22.1 Å². The predicted molar refractivity (Wildman–Crippen MR) is 225 cm³/mol. The summed E-state index contributed by atoms with van der Waals surface area (Å²) < 4.78 is 53.0. The fourth-order valence-electron chi connectivity index (χ4n) is 11.8. The fraction of sp³-hybridized carbons (Fsp3) is 1.00. The summed E-state index contributed by atoms with van der Waals surface area (Å²) >= 11 is 7.83. The highest BCUT2D eigenvalue weighted by atomic mass is 35.7. The minimum atomic E-state index is -3.31. The van der Waals surface area contributed by atoms with E-state index in [2.05, 4.69) is 0 Å². The lowest BCUT2D eigenvalue weighted by molar-refractivity contribution is 0.0670. The van der Waals surface area contributed by atoms with E-state index in [1.54, 1.807) is 0 Å². The highest BCUT2D eigenvalue weighted by molar-refractivity contribution is 7.94. The van der Waals surface area contributed by atoms with E-state index in [0.29, 0.717) is 0 Å². The van der Waals surface area contributed by atoms with Crippen LogP contribution in [0.25, 0.3) is 0 Å². The van der Waals surface area contributed by atoms with Gasteiger partial charge in [-0.2, -0.15) is 9.03 Å². The molecular weight excluding hydrogens is 755 g/mol. The number of rotatable bonds is 12. The van der Waals surface area contributed by atoms with E-state index in [4.69, 9.17) is 47.4 Å². The molecule has 0 radical (unpaired) electrons. The first-order chi connectivity index (χ1) is 26.4. The molecule has 310 valence electrons. The molecule has 7 fully saturated rings. The van der Waals surface area contributed by atoms with Crippen molar-refractivity contribution in [1.29, 1.82) is 0 Å². The smallest absolute Gasteiger partial charge is 0.312 e. The topological polar surface area (TPSA) is 83.2 Å². The standard InChI is InChI=1S/C42H75ClN3O5P3/c43-52(47-38-20-10-3-11-21-38)44-53(48-39-22-12-4-13-23-39,50-41-30-26-36(27-31-41)34-16-6-1-7-17-34)46-54(45-52,49-40-24-14-5-15-25-40)51-42-32-28-37(29-33-42)35-18-8-2-9-19-35/h34-42H,1-33H2. The van der Waals surface area contributed by atoms with Crippen LogP contribution in [0, 0.1) is 23.7 Å². The Morgan fingerprint density at radius 1 is 0.278 bits per heavy atom.